The van der Waals surface area contributed by atoms with E-state index in [0.717, 1.165) is 11.0 Å². The predicted octanol–water partition coefficient (Wildman–Crippen LogP) is 3.36. The van der Waals surface area contributed by atoms with Crippen LogP contribution in [0.4, 0.5) is 0 Å². The Hall–Kier alpha value is -3.46. The van der Waals surface area contributed by atoms with Crippen molar-refractivity contribution in [1.82, 2.24) is 9.55 Å². The summed E-state index contributed by atoms with van der Waals surface area (Å²) in [5.41, 5.74) is 2.82. The molecule has 1 N–H and O–H groups in total. The van der Waals surface area contributed by atoms with Gasteiger partial charge >= 0.3 is 0 Å². The van der Waals surface area contributed by atoms with Crippen LogP contribution in [0.15, 0.2) is 36.4 Å². The van der Waals surface area contributed by atoms with E-state index in [2.05, 4.69) is 11.1 Å². The average Bonchev–Trinajstić information content (AvgIpc) is 2.97. The van der Waals surface area contributed by atoms with Crippen LogP contribution in [0.2, 0.25) is 0 Å². The van der Waals surface area contributed by atoms with E-state index in [1.807, 2.05) is 35.9 Å². The minimum absolute atomic E-state index is 0.0802. The number of hydrogen-bond acceptors (Lipinski definition) is 5. The lowest BCUT2D eigenvalue weighted by Gasteiger charge is -2.10. The summed E-state index contributed by atoms with van der Waals surface area (Å²) in [5, 5.41) is 19.6. The number of imidazole rings is 1. The predicted molar refractivity (Wildman–Crippen MR) is 95.4 cm³/mol. The van der Waals surface area contributed by atoms with Gasteiger partial charge in [-0.3, -0.25) is 0 Å². The van der Waals surface area contributed by atoms with Crippen LogP contribution < -0.4 is 9.47 Å². The molecule has 6 heteroatoms. The molecule has 0 bridgehead atoms. The van der Waals surface area contributed by atoms with E-state index >= 15 is 0 Å². The molecule has 0 unspecified atom stereocenters. The molecule has 0 saturated carbocycles. The van der Waals surface area contributed by atoms with Crippen molar-refractivity contribution in [1.29, 1.82) is 5.26 Å². The van der Waals surface area contributed by atoms with Crippen LogP contribution >= 0.6 is 0 Å². The van der Waals surface area contributed by atoms with Gasteiger partial charge in [-0.05, 0) is 35.9 Å². The molecule has 0 amide bonds. The number of allylic oxidation sites excluding steroid dienone is 1. The van der Waals surface area contributed by atoms with Crippen LogP contribution in [0.25, 0.3) is 22.7 Å². The minimum atomic E-state index is -0.0802. The first-order valence-electron chi connectivity index (χ1n) is 7.57. The highest BCUT2D eigenvalue weighted by Crippen LogP contribution is 2.38. The molecule has 25 heavy (non-hydrogen) atoms. The number of para-hydroxylation sites is 2. The highest BCUT2D eigenvalue weighted by molar-refractivity contribution is 5.91. The average molecular weight is 335 g/mol. The number of benzene rings is 2. The molecule has 0 radical (unpaired) electrons. The van der Waals surface area contributed by atoms with Gasteiger partial charge in [-0.25, -0.2) is 4.98 Å². The third-order valence-electron chi connectivity index (χ3n) is 3.96. The molecule has 0 fully saturated rings. The van der Waals surface area contributed by atoms with Crippen molar-refractivity contribution in [2.24, 2.45) is 7.05 Å². The quantitative estimate of drug-likeness (QED) is 0.740. The van der Waals surface area contributed by atoms with Crippen LogP contribution in [-0.2, 0) is 7.05 Å². The monoisotopic (exact) mass is 335 g/mol. The lowest BCUT2D eigenvalue weighted by atomic mass is 10.1. The number of aromatic hydroxyl groups is 1. The van der Waals surface area contributed by atoms with Gasteiger partial charge < -0.3 is 19.1 Å². The second-order valence-electron chi connectivity index (χ2n) is 5.43. The summed E-state index contributed by atoms with van der Waals surface area (Å²) in [6, 6.07) is 13.2. The fourth-order valence-corrected chi connectivity index (χ4v) is 2.70. The highest BCUT2D eigenvalue weighted by Gasteiger charge is 2.14. The van der Waals surface area contributed by atoms with Crippen molar-refractivity contribution in [3.63, 3.8) is 0 Å². The molecule has 0 saturated heterocycles. The summed E-state index contributed by atoms with van der Waals surface area (Å²) < 4.78 is 12.2. The molecular formula is C19H17N3O3. The summed E-state index contributed by atoms with van der Waals surface area (Å²) >= 11 is 0. The zero-order valence-corrected chi connectivity index (χ0v) is 14.1. The van der Waals surface area contributed by atoms with Crippen molar-refractivity contribution in [3.05, 3.63) is 47.8 Å². The number of aryl methyl sites for hydroxylation is 1. The van der Waals surface area contributed by atoms with E-state index in [9.17, 15) is 10.4 Å². The third kappa shape index (κ3) is 2.88. The smallest absolute Gasteiger partial charge is 0.200 e. The van der Waals surface area contributed by atoms with Crippen LogP contribution in [0.3, 0.4) is 0 Å². The first-order chi connectivity index (χ1) is 12.1. The Bertz CT molecular complexity index is 987. The summed E-state index contributed by atoms with van der Waals surface area (Å²) in [7, 11) is 4.78. The number of hydrogen-bond donors (Lipinski definition) is 1. The highest BCUT2D eigenvalue weighted by atomic mass is 16.5. The van der Waals surface area contributed by atoms with Gasteiger partial charge in [0.05, 0.1) is 30.8 Å². The molecular weight excluding hydrogens is 318 g/mol. The largest absolute Gasteiger partial charge is 0.502 e. The Labute approximate surface area is 145 Å². The molecule has 0 aliphatic heterocycles. The SMILES string of the molecule is COc1cc(/C=C(/C#N)c2nc3ccccc3n2C)cc(OC)c1O. The first-order valence-corrected chi connectivity index (χ1v) is 7.57. The van der Waals surface area contributed by atoms with Gasteiger partial charge in [0.25, 0.3) is 0 Å². The van der Waals surface area contributed by atoms with Crippen molar-refractivity contribution < 1.29 is 14.6 Å². The number of fused-ring (bicyclic) bond motifs is 1. The number of phenolic OH excluding ortho intramolecular Hbond substituents is 1. The van der Waals surface area contributed by atoms with Crippen LogP contribution in [-0.4, -0.2) is 28.9 Å². The molecule has 1 heterocycles. The number of nitrogens with zero attached hydrogens (tertiary/aromatic N) is 3. The van der Waals surface area contributed by atoms with Gasteiger partial charge in [0.2, 0.25) is 5.75 Å². The topological polar surface area (TPSA) is 80.3 Å². The van der Waals surface area contributed by atoms with Gasteiger partial charge in [-0.15, -0.1) is 0 Å². The van der Waals surface area contributed by atoms with Crippen LogP contribution in [0, 0.1) is 11.3 Å². The van der Waals surface area contributed by atoms with Crippen molar-refractivity contribution in [2.75, 3.05) is 14.2 Å². The molecule has 1 aromatic heterocycles. The van der Waals surface area contributed by atoms with Gasteiger partial charge in [-0.2, -0.15) is 5.26 Å². The number of phenols is 1. The number of methoxy groups -OCH3 is 2. The van der Waals surface area contributed by atoms with Gasteiger partial charge in [0.1, 0.15) is 6.07 Å². The van der Waals surface area contributed by atoms with Crippen molar-refractivity contribution in [2.45, 2.75) is 0 Å². The zero-order chi connectivity index (χ0) is 18.0. The number of rotatable bonds is 4. The lowest BCUT2D eigenvalue weighted by Crippen LogP contribution is -1.96. The molecule has 0 atom stereocenters. The maximum Gasteiger partial charge on any atom is 0.200 e. The maximum atomic E-state index is 10.0. The Morgan fingerprint density at radius 2 is 1.84 bits per heavy atom. The molecule has 0 spiro atoms. The molecule has 126 valence electrons. The summed E-state index contributed by atoms with van der Waals surface area (Å²) in [4.78, 5) is 4.54. The first kappa shape index (κ1) is 16.4. The number of aromatic nitrogens is 2. The zero-order valence-electron chi connectivity index (χ0n) is 14.1. The molecule has 3 rings (SSSR count). The Morgan fingerprint density at radius 3 is 2.40 bits per heavy atom. The van der Waals surface area contributed by atoms with Crippen LogP contribution in [0.5, 0.6) is 17.2 Å². The van der Waals surface area contributed by atoms with Crippen LogP contribution in [0.1, 0.15) is 11.4 Å². The standard InChI is InChI=1S/C19H17N3O3/c1-22-15-7-5-4-6-14(15)21-19(22)13(11-20)8-12-9-16(24-2)18(23)17(10-12)25-3/h4-10,23H,1-3H3/b13-8-. The maximum absolute atomic E-state index is 10.0. The lowest BCUT2D eigenvalue weighted by molar-refractivity contribution is 0.340. The molecule has 0 aliphatic rings. The Morgan fingerprint density at radius 1 is 1.20 bits per heavy atom. The minimum Gasteiger partial charge on any atom is -0.502 e. The summed E-state index contributed by atoms with van der Waals surface area (Å²) in [6.45, 7) is 0. The number of ether oxygens (including phenoxy) is 2. The van der Waals surface area contributed by atoms with E-state index in [1.165, 1.54) is 14.2 Å². The molecule has 3 aromatic rings. The fourth-order valence-electron chi connectivity index (χ4n) is 2.70. The van der Waals surface area contributed by atoms with E-state index in [0.29, 0.717) is 17.0 Å². The van der Waals surface area contributed by atoms with E-state index in [-0.39, 0.29) is 17.2 Å². The van der Waals surface area contributed by atoms with Crippen molar-refractivity contribution >= 4 is 22.7 Å². The Kier molecular flexibility index (Phi) is 4.31. The second-order valence-corrected chi connectivity index (χ2v) is 5.43. The third-order valence-corrected chi connectivity index (χ3v) is 3.96. The Balaban J connectivity index is 2.15. The van der Waals surface area contributed by atoms with E-state index in [1.54, 1.807) is 18.2 Å². The van der Waals surface area contributed by atoms with Crippen molar-refractivity contribution in [3.8, 4) is 23.3 Å². The molecule has 2 aromatic carbocycles. The normalized spacial score (nSPS) is 11.4. The number of nitriles is 1. The summed E-state index contributed by atoms with van der Waals surface area (Å²) in [5.74, 6) is 1.03. The van der Waals surface area contributed by atoms with Gasteiger partial charge in [-0.1, -0.05) is 12.1 Å². The molecule has 0 aliphatic carbocycles. The summed E-state index contributed by atoms with van der Waals surface area (Å²) in [6.07, 6.45) is 1.69. The van der Waals surface area contributed by atoms with Gasteiger partial charge in [0.15, 0.2) is 17.3 Å². The van der Waals surface area contributed by atoms with E-state index in [4.69, 9.17) is 9.47 Å². The fraction of sp³-hybridized carbons (Fsp3) is 0.158. The molecule has 6 nitrogen and oxygen atoms in total. The second kappa shape index (κ2) is 6.57. The van der Waals surface area contributed by atoms with Gasteiger partial charge in [0, 0.05) is 7.05 Å². The van der Waals surface area contributed by atoms with E-state index < -0.39 is 0 Å².